The summed E-state index contributed by atoms with van der Waals surface area (Å²) in [5.41, 5.74) is 3.41. The van der Waals surface area contributed by atoms with Gasteiger partial charge in [0.15, 0.2) is 0 Å². The largest absolute Gasteiger partial charge is 0.458 e. The molecule has 0 spiro atoms. The molecule has 1 aliphatic carbocycles. The molecule has 0 aliphatic heterocycles. The average molecular weight is 298 g/mol. The van der Waals surface area contributed by atoms with Crippen molar-refractivity contribution in [3.05, 3.63) is 57.0 Å². The van der Waals surface area contributed by atoms with Crippen LogP contribution in [0.3, 0.4) is 0 Å². The van der Waals surface area contributed by atoms with Crippen molar-refractivity contribution in [3.63, 3.8) is 0 Å². The number of benzene rings is 1. The van der Waals surface area contributed by atoms with Crippen LogP contribution in [0.5, 0.6) is 0 Å². The monoisotopic (exact) mass is 298 g/mol. The van der Waals surface area contributed by atoms with Gasteiger partial charge in [-0.2, -0.15) is 0 Å². The van der Waals surface area contributed by atoms with Crippen LogP contribution in [0.4, 0.5) is 0 Å². The zero-order chi connectivity index (χ0) is 14.4. The molecule has 0 amide bonds. The Morgan fingerprint density at radius 1 is 1.19 bits per heavy atom. The minimum atomic E-state index is -0.646. The predicted molar refractivity (Wildman–Crippen MR) is 86.0 cm³/mol. The lowest BCUT2D eigenvalue weighted by molar-refractivity contribution is 0.196. The quantitative estimate of drug-likeness (QED) is 0.739. The fourth-order valence-corrected chi connectivity index (χ4v) is 4.40. The summed E-state index contributed by atoms with van der Waals surface area (Å²) >= 11 is 1.74. The van der Waals surface area contributed by atoms with Crippen LogP contribution in [0.25, 0.3) is 11.0 Å². The summed E-state index contributed by atoms with van der Waals surface area (Å²) in [5.74, 6) is 0.651. The van der Waals surface area contributed by atoms with Crippen molar-refractivity contribution in [2.24, 2.45) is 0 Å². The molecular formula is C18H18O2S. The molecule has 0 fully saturated rings. The number of hydrogen-bond acceptors (Lipinski definition) is 3. The van der Waals surface area contributed by atoms with E-state index in [0.29, 0.717) is 5.76 Å². The van der Waals surface area contributed by atoms with E-state index in [-0.39, 0.29) is 0 Å². The lowest BCUT2D eigenvalue weighted by Crippen LogP contribution is -1.97. The van der Waals surface area contributed by atoms with Gasteiger partial charge < -0.3 is 9.52 Å². The summed E-state index contributed by atoms with van der Waals surface area (Å²) in [6.07, 6.45) is 4.20. The van der Waals surface area contributed by atoms with Gasteiger partial charge in [0.05, 0.1) is 0 Å². The van der Waals surface area contributed by atoms with Gasteiger partial charge in [0, 0.05) is 15.1 Å². The van der Waals surface area contributed by atoms with E-state index in [1.807, 2.05) is 31.2 Å². The molecule has 108 valence electrons. The predicted octanol–water partition coefficient (Wildman–Crippen LogP) is 4.76. The van der Waals surface area contributed by atoms with Crippen LogP contribution < -0.4 is 0 Å². The number of aliphatic hydroxyl groups is 1. The fraction of sp³-hybridized carbons (Fsp3) is 0.333. The molecule has 1 unspecified atom stereocenters. The van der Waals surface area contributed by atoms with Gasteiger partial charge in [-0.05, 0) is 55.9 Å². The summed E-state index contributed by atoms with van der Waals surface area (Å²) in [6.45, 7) is 2.03. The summed E-state index contributed by atoms with van der Waals surface area (Å²) < 4.78 is 5.90. The van der Waals surface area contributed by atoms with E-state index < -0.39 is 6.10 Å². The first kappa shape index (κ1) is 13.1. The third-order valence-electron chi connectivity index (χ3n) is 4.31. The molecule has 0 saturated carbocycles. The van der Waals surface area contributed by atoms with E-state index in [9.17, 15) is 5.11 Å². The lowest BCUT2D eigenvalue weighted by atomic mass is 9.99. The maximum atomic E-state index is 10.6. The molecule has 2 heterocycles. The van der Waals surface area contributed by atoms with E-state index in [1.54, 1.807) is 11.3 Å². The molecule has 3 aromatic rings. The number of rotatable bonds is 2. The number of hydrogen-bond donors (Lipinski definition) is 1. The van der Waals surface area contributed by atoms with Gasteiger partial charge in [0.1, 0.15) is 17.4 Å². The number of fused-ring (bicyclic) bond motifs is 2. The van der Waals surface area contributed by atoms with E-state index in [2.05, 4.69) is 6.07 Å². The molecular weight excluding hydrogens is 280 g/mol. The Balaban J connectivity index is 1.73. The highest BCUT2D eigenvalue weighted by molar-refractivity contribution is 7.12. The molecule has 21 heavy (non-hydrogen) atoms. The average Bonchev–Trinajstić information content (AvgIpc) is 3.11. The molecule has 3 heteroatoms. The zero-order valence-electron chi connectivity index (χ0n) is 12.1. The SMILES string of the molecule is Cc1cccc2cc(C(O)c3cc4c(s3)CCCC4)oc12. The fourth-order valence-electron chi connectivity index (χ4n) is 3.15. The second kappa shape index (κ2) is 5.00. The molecule has 2 nitrogen and oxygen atoms in total. The maximum absolute atomic E-state index is 10.6. The lowest BCUT2D eigenvalue weighted by Gasteiger charge is -2.08. The van der Waals surface area contributed by atoms with Crippen LogP contribution in [-0.4, -0.2) is 5.11 Å². The summed E-state index contributed by atoms with van der Waals surface area (Å²) in [5, 5.41) is 11.7. The Labute approximate surface area is 128 Å². The number of para-hydroxylation sites is 1. The first-order chi connectivity index (χ1) is 10.2. The van der Waals surface area contributed by atoms with Crippen molar-refractivity contribution in [2.45, 2.75) is 38.7 Å². The van der Waals surface area contributed by atoms with Crippen LogP contribution in [0.1, 0.15) is 45.6 Å². The van der Waals surface area contributed by atoms with E-state index in [4.69, 9.17) is 4.42 Å². The minimum absolute atomic E-state index is 0.646. The number of aryl methyl sites for hydroxylation is 3. The Morgan fingerprint density at radius 3 is 2.86 bits per heavy atom. The smallest absolute Gasteiger partial charge is 0.146 e. The van der Waals surface area contributed by atoms with Gasteiger partial charge in [-0.1, -0.05) is 18.2 Å². The van der Waals surface area contributed by atoms with Crippen LogP contribution in [0, 0.1) is 6.92 Å². The van der Waals surface area contributed by atoms with Crippen molar-refractivity contribution < 1.29 is 9.52 Å². The Kier molecular flexibility index (Phi) is 3.12. The number of furan rings is 1. The molecule has 1 atom stereocenters. The first-order valence-electron chi connectivity index (χ1n) is 7.51. The summed E-state index contributed by atoms with van der Waals surface area (Å²) in [4.78, 5) is 2.46. The van der Waals surface area contributed by atoms with Gasteiger partial charge in [-0.3, -0.25) is 0 Å². The number of thiophene rings is 1. The molecule has 0 saturated heterocycles. The van der Waals surface area contributed by atoms with Crippen LogP contribution in [-0.2, 0) is 12.8 Å². The molecule has 2 aromatic heterocycles. The second-order valence-corrected chi connectivity index (χ2v) is 7.02. The van der Waals surface area contributed by atoms with Gasteiger partial charge in [0.2, 0.25) is 0 Å². The topological polar surface area (TPSA) is 33.4 Å². The first-order valence-corrected chi connectivity index (χ1v) is 8.32. The van der Waals surface area contributed by atoms with Crippen molar-refractivity contribution >= 4 is 22.3 Å². The van der Waals surface area contributed by atoms with Crippen molar-refractivity contribution in [3.8, 4) is 0 Å². The second-order valence-electron chi connectivity index (χ2n) is 5.85. The highest BCUT2D eigenvalue weighted by Crippen LogP contribution is 2.37. The van der Waals surface area contributed by atoms with Gasteiger partial charge in [0.25, 0.3) is 0 Å². The van der Waals surface area contributed by atoms with Gasteiger partial charge in [-0.15, -0.1) is 11.3 Å². The maximum Gasteiger partial charge on any atom is 0.146 e. The van der Waals surface area contributed by atoms with Crippen molar-refractivity contribution in [1.82, 2.24) is 0 Å². The van der Waals surface area contributed by atoms with Crippen molar-refractivity contribution in [1.29, 1.82) is 0 Å². The van der Waals surface area contributed by atoms with E-state index in [0.717, 1.165) is 34.3 Å². The molecule has 0 bridgehead atoms. The molecule has 1 aliphatic rings. The third kappa shape index (κ3) is 2.21. The highest BCUT2D eigenvalue weighted by Gasteiger charge is 2.21. The van der Waals surface area contributed by atoms with Crippen LogP contribution in [0.15, 0.2) is 34.7 Å². The Morgan fingerprint density at radius 2 is 2.05 bits per heavy atom. The van der Waals surface area contributed by atoms with Gasteiger partial charge in [-0.25, -0.2) is 0 Å². The highest BCUT2D eigenvalue weighted by atomic mass is 32.1. The van der Waals surface area contributed by atoms with Crippen LogP contribution in [0.2, 0.25) is 0 Å². The summed E-state index contributed by atoms with van der Waals surface area (Å²) in [6, 6.07) is 10.2. The van der Waals surface area contributed by atoms with Crippen molar-refractivity contribution in [2.75, 3.05) is 0 Å². The van der Waals surface area contributed by atoms with Gasteiger partial charge >= 0.3 is 0 Å². The Bertz CT molecular complexity index is 773. The van der Waals surface area contributed by atoms with Crippen LogP contribution >= 0.6 is 11.3 Å². The zero-order valence-corrected chi connectivity index (χ0v) is 12.9. The minimum Gasteiger partial charge on any atom is -0.458 e. The molecule has 0 radical (unpaired) electrons. The molecule has 1 aromatic carbocycles. The van der Waals surface area contributed by atoms with E-state index in [1.165, 1.54) is 23.3 Å². The molecule has 1 N–H and O–H groups in total. The summed E-state index contributed by atoms with van der Waals surface area (Å²) in [7, 11) is 0. The third-order valence-corrected chi connectivity index (χ3v) is 5.60. The Hall–Kier alpha value is -1.58. The standard InChI is InChI=1S/C18H18O2S/c1-11-5-4-7-13-9-14(20-18(11)13)17(19)16-10-12-6-2-3-8-15(12)21-16/h4-5,7,9-10,17,19H,2-3,6,8H2,1H3. The molecule has 4 rings (SSSR count). The normalized spacial score (nSPS) is 16.1. The number of aliphatic hydroxyl groups excluding tert-OH is 1. The van der Waals surface area contributed by atoms with E-state index >= 15 is 0 Å².